The summed E-state index contributed by atoms with van der Waals surface area (Å²) in [6, 6.07) is 0. The second-order valence-corrected chi connectivity index (χ2v) is 6.74. The van der Waals surface area contributed by atoms with Crippen LogP contribution in [0, 0.1) is 0 Å². The van der Waals surface area contributed by atoms with Crippen molar-refractivity contribution in [2.45, 2.75) is 105 Å². The van der Waals surface area contributed by atoms with Crippen molar-refractivity contribution in [1.82, 2.24) is 0 Å². The molecule has 0 N–H and O–H groups in total. The van der Waals surface area contributed by atoms with E-state index in [0.717, 1.165) is 38.0 Å². The maximum absolute atomic E-state index is 6.08. The molecule has 26 heavy (non-hydrogen) atoms. The molecule has 0 heterocycles. The fourth-order valence-corrected chi connectivity index (χ4v) is 2.57. The Bertz CT molecular complexity index is 285. The summed E-state index contributed by atoms with van der Waals surface area (Å²) in [5, 5.41) is 0. The predicted octanol–water partition coefficient (Wildman–Crippen LogP) is 6.94. The van der Waals surface area contributed by atoms with Gasteiger partial charge in [0.05, 0.1) is 13.2 Å². The zero-order valence-electron chi connectivity index (χ0n) is 17.9. The Balaban J connectivity index is 4.69. The van der Waals surface area contributed by atoms with E-state index in [4.69, 9.17) is 18.9 Å². The minimum atomic E-state index is 0.220. The van der Waals surface area contributed by atoms with Gasteiger partial charge in [0, 0.05) is 13.0 Å². The highest BCUT2D eigenvalue weighted by molar-refractivity contribution is 4.95. The molecule has 0 rings (SSSR count). The molecule has 0 amide bonds. The first-order valence-electron chi connectivity index (χ1n) is 11.0. The van der Waals surface area contributed by atoms with E-state index in [1.165, 1.54) is 51.4 Å². The summed E-state index contributed by atoms with van der Waals surface area (Å²) in [7, 11) is 0. The van der Waals surface area contributed by atoms with E-state index < -0.39 is 0 Å². The van der Waals surface area contributed by atoms with Crippen molar-refractivity contribution < 1.29 is 18.9 Å². The number of allylic oxidation sites excluding steroid dienone is 1. The molecule has 156 valence electrons. The number of ether oxygens (including phenoxy) is 4. The molecule has 0 atom stereocenters. The Kier molecular flexibility index (Phi) is 19.7. The number of unbranched alkanes of at least 4 members (excludes halogenated alkanes) is 8. The standard InChI is InChI=1S/C22H44O4/c1-5-9-12-15-18-24-21(17-14-11-7-3)22(26-20-23-8-4)25-19-16-13-10-6-2/h5-20H2,1-4H3. The van der Waals surface area contributed by atoms with Crippen molar-refractivity contribution in [1.29, 1.82) is 0 Å². The lowest BCUT2D eigenvalue weighted by Gasteiger charge is -2.18. The van der Waals surface area contributed by atoms with Gasteiger partial charge in [-0.1, -0.05) is 72.1 Å². The first-order chi connectivity index (χ1) is 12.8. The molecule has 0 saturated carbocycles. The normalized spacial score (nSPS) is 12.0. The van der Waals surface area contributed by atoms with Gasteiger partial charge in [-0.05, 0) is 26.2 Å². The van der Waals surface area contributed by atoms with Gasteiger partial charge in [0.15, 0.2) is 12.6 Å². The molecular weight excluding hydrogens is 328 g/mol. The van der Waals surface area contributed by atoms with Crippen molar-refractivity contribution in [3.8, 4) is 0 Å². The van der Waals surface area contributed by atoms with Crippen LogP contribution in [0.1, 0.15) is 105 Å². The lowest BCUT2D eigenvalue weighted by Crippen LogP contribution is -2.10. The van der Waals surface area contributed by atoms with Crippen LogP contribution in [0.5, 0.6) is 0 Å². The van der Waals surface area contributed by atoms with Crippen molar-refractivity contribution in [3.63, 3.8) is 0 Å². The van der Waals surface area contributed by atoms with E-state index in [1.807, 2.05) is 6.92 Å². The largest absolute Gasteiger partial charge is 0.491 e. The summed E-state index contributed by atoms with van der Waals surface area (Å²) in [4.78, 5) is 0. The maximum atomic E-state index is 6.08. The van der Waals surface area contributed by atoms with Crippen LogP contribution in [0.15, 0.2) is 11.7 Å². The smallest absolute Gasteiger partial charge is 0.321 e. The van der Waals surface area contributed by atoms with Gasteiger partial charge in [0.1, 0.15) is 0 Å². The molecular formula is C22H44O4. The fraction of sp³-hybridized carbons (Fsp3) is 0.909. The molecule has 0 bridgehead atoms. The quantitative estimate of drug-likeness (QED) is 0.132. The third-order valence-corrected chi connectivity index (χ3v) is 4.22. The van der Waals surface area contributed by atoms with E-state index in [2.05, 4.69) is 20.8 Å². The first kappa shape index (κ1) is 25.1. The number of rotatable bonds is 20. The zero-order valence-corrected chi connectivity index (χ0v) is 17.9. The fourth-order valence-electron chi connectivity index (χ4n) is 2.57. The third kappa shape index (κ3) is 15.4. The SMILES string of the molecule is CCCCCCOC(CCCCC)=C(OCCCCCC)OCOCC. The molecule has 0 spiro atoms. The van der Waals surface area contributed by atoms with Crippen LogP contribution in [0.3, 0.4) is 0 Å². The van der Waals surface area contributed by atoms with E-state index in [-0.39, 0.29) is 6.79 Å². The second kappa shape index (κ2) is 20.4. The Morgan fingerprint density at radius 1 is 0.577 bits per heavy atom. The molecule has 4 nitrogen and oxygen atoms in total. The lowest BCUT2D eigenvalue weighted by atomic mass is 10.2. The van der Waals surface area contributed by atoms with Crippen molar-refractivity contribution in [3.05, 3.63) is 11.7 Å². The second-order valence-electron chi connectivity index (χ2n) is 6.74. The highest BCUT2D eigenvalue weighted by Gasteiger charge is 2.13. The van der Waals surface area contributed by atoms with Gasteiger partial charge in [-0.3, -0.25) is 0 Å². The summed E-state index contributed by atoms with van der Waals surface area (Å²) in [5.41, 5.74) is 0. The van der Waals surface area contributed by atoms with Crippen LogP contribution < -0.4 is 0 Å². The number of hydrogen-bond acceptors (Lipinski definition) is 4. The zero-order chi connectivity index (χ0) is 19.3. The van der Waals surface area contributed by atoms with E-state index in [9.17, 15) is 0 Å². The topological polar surface area (TPSA) is 36.9 Å². The molecule has 0 fully saturated rings. The molecule has 0 aromatic carbocycles. The summed E-state index contributed by atoms with van der Waals surface area (Å²) in [5.74, 6) is 1.41. The van der Waals surface area contributed by atoms with Gasteiger partial charge < -0.3 is 18.9 Å². The number of hydrogen-bond donors (Lipinski definition) is 0. The van der Waals surface area contributed by atoms with Gasteiger partial charge in [-0.15, -0.1) is 0 Å². The van der Waals surface area contributed by atoms with E-state index >= 15 is 0 Å². The molecule has 0 unspecified atom stereocenters. The molecule has 0 radical (unpaired) electrons. The molecule has 0 saturated heterocycles. The van der Waals surface area contributed by atoms with Crippen LogP contribution in [0.4, 0.5) is 0 Å². The van der Waals surface area contributed by atoms with Gasteiger partial charge in [-0.25, -0.2) is 0 Å². The van der Waals surface area contributed by atoms with E-state index in [1.54, 1.807) is 0 Å². The lowest BCUT2D eigenvalue weighted by molar-refractivity contribution is -0.0811. The van der Waals surface area contributed by atoms with Crippen LogP contribution in [0.25, 0.3) is 0 Å². The highest BCUT2D eigenvalue weighted by atomic mass is 16.7. The van der Waals surface area contributed by atoms with Gasteiger partial charge in [0.25, 0.3) is 0 Å². The predicted molar refractivity (Wildman–Crippen MR) is 109 cm³/mol. The van der Waals surface area contributed by atoms with Crippen molar-refractivity contribution in [2.75, 3.05) is 26.6 Å². The molecule has 0 aliphatic carbocycles. The Morgan fingerprint density at radius 2 is 1.15 bits per heavy atom. The van der Waals surface area contributed by atoms with Crippen LogP contribution >= 0.6 is 0 Å². The maximum Gasteiger partial charge on any atom is 0.321 e. The Labute approximate surface area is 162 Å². The monoisotopic (exact) mass is 372 g/mol. The highest BCUT2D eigenvalue weighted by Crippen LogP contribution is 2.19. The molecule has 0 aromatic heterocycles. The summed E-state index contributed by atoms with van der Waals surface area (Å²) in [6.45, 7) is 10.9. The molecule has 0 aromatic rings. The minimum Gasteiger partial charge on any atom is -0.491 e. The van der Waals surface area contributed by atoms with E-state index in [0.29, 0.717) is 19.2 Å². The van der Waals surface area contributed by atoms with Gasteiger partial charge in [-0.2, -0.15) is 0 Å². The average Bonchev–Trinajstić information content (AvgIpc) is 2.65. The van der Waals surface area contributed by atoms with Gasteiger partial charge >= 0.3 is 5.95 Å². The third-order valence-electron chi connectivity index (χ3n) is 4.22. The Hall–Kier alpha value is -0.900. The van der Waals surface area contributed by atoms with Crippen LogP contribution in [0.2, 0.25) is 0 Å². The average molecular weight is 373 g/mol. The van der Waals surface area contributed by atoms with Crippen LogP contribution in [-0.2, 0) is 18.9 Å². The van der Waals surface area contributed by atoms with Crippen molar-refractivity contribution in [2.24, 2.45) is 0 Å². The molecule has 0 aliphatic heterocycles. The van der Waals surface area contributed by atoms with Crippen molar-refractivity contribution >= 4 is 0 Å². The Morgan fingerprint density at radius 3 is 1.73 bits per heavy atom. The summed E-state index contributed by atoms with van der Waals surface area (Å²) >= 11 is 0. The first-order valence-corrected chi connectivity index (χ1v) is 11.0. The summed E-state index contributed by atoms with van der Waals surface area (Å²) in [6.07, 6.45) is 13.9. The molecule has 0 aliphatic rings. The minimum absolute atomic E-state index is 0.220. The summed E-state index contributed by atoms with van der Waals surface area (Å²) < 4.78 is 23.2. The van der Waals surface area contributed by atoms with Gasteiger partial charge in [0.2, 0.25) is 0 Å². The molecule has 4 heteroatoms. The van der Waals surface area contributed by atoms with Crippen LogP contribution in [-0.4, -0.2) is 26.6 Å².